The summed E-state index contributed by atoms with van der Waals surface area (Å²) in [4.78, 5) is 0. The second-order valence-corrected chi connectivity index (χ2v) is 26.5. The summed E-state index contributed by atoms with van der Waals surface area (Å²) in [5.74, 6) is 6.01. The maximum absolute atomic E-state index is 7.53. The van der Waals surface area contributed by atoms with E-state index in [1.165, 1.54) is 0 Å². The quantitative estimate of drug-likeness (QED) is 0.0128. The molecule has 0 spiro atoms. The highest BCUT2D eigenvalue weighted by atomic mass is 16.5. The lowest BCUT2D eigenvalue weighted by Gasteiger charge is -2.14. The predicted molar refractivity (Wildman–Crippen MR) is 501 cm³/mol. The van der Waals surface area contributed by atoms with Crippen LogP contribution in [-0.2, 0) is 59.5 Å². The van der Waals surface area contributed by atoms with Gasteiger partial charge in [0.1, 0.15) is 164 Å². The van der Waals surface area contributed by atoms with Crippen LogP contribution in [0.15, 0.2) is 273 Å². The smallest absolute Gasteiger partial charge is 0.122 e. The first kappa shape index (κ1) is 97.9. The van der Waals surface area contributed by atoms with Crippen LogP contribution in [0.3, 0.4) is 0 Å². The fourth-order valence-electron chi connectivity index (χ4n) is 11.3. The van der Waals surface area contributed by atoms with Gasteiger partial charge >= 0.3 is 0 Å². The van der Waals surface area contributed by atoms with Crippen molar-refractivity contribution in [1.29, 1.82) is 48.7 Å². The first-order valence-electron chi connectivity index (χ1n) is 40.3. The van der Waals surface area contributed by atoms with Gasteiger partial charge in [0, 0.05) is 50.1 Å². The van der Waals surface area contributed by atoms with Crippen molar-refractivity contribution in [3.8, 4) is 51.7 Å². The Morgan fingerprint density at radius 3 is 0.288 bits per heavy atom. The Morgan fingerprint density at radius 1 is 0.152 bits per heavy atom. The van der Waals surface area contributed by atoms with Crippen molar-refractivity contribution in [2.24, 2.45) is 51.6 Å². The van der Waals surface area contributed by atoms with E-state index in [-0.39, 0.29) is 52.5 Å². The van der Waals surface area contributed by atoms with Crippen LogP contribution in [0.1, 0.15) is 156 Å². The number of amidine groups is 9. The van der Waals surface area contributed by atoms with E-state index in [1.54, 1.807) is 218 Å². The fraction of sp³-hybridized carbons (Fsp3) is 0.173. The maximum Gasteiger partial charge on any atom is 0.122 e. The number of nitrogens with two attached hydrogens (primary N) is 9. The van der Waals surface area contributed by atoms with E-state index in [2.05, 4.69) is 0 Å². The van der Waals surface area contributed by atoms with Crippen molar-refractivity contribution in [2.75, 3.05) is 0 Å². The zero-order chi connectivity index (χ0) is 91.3. The van der Waals surface area contributed by atoms with Gasteiger partial charge in [0.05, 0.1) is 0 Å². The van der Waals surface area contributed by atoms with Crippen molar-refractivity contribution in [3.63, 3.8) is 0 Å². The molecule has 0 amide bonds. The van der Waals surface area contributed by atoms with E-state index in [9.17, 15) is 0 Å². The van der Waals surface area contributed by atoms with E-state index in [0.29, 0.717) is 161 Å². The molecule has 0 bridgehead atoms. The second kappa shape index (κ2) is 51.5. The van der Waals surface area contributed by atoms with Gasteiger partial charge in [-0.15, -0.1) is 0 Å². The van der Waals surface area contributed by atoms with Gasteiger partial charge in [0.2, 0.25) is 0 Å². The summed E-state index contributed by atoms with van der Waals surface area (Å²) in [6.07, 6.45) is 0. The molecule has 0 saturated carbocycles. The molecule has 0 aromatic heterocycles. The van der Waals surface area contributed by atoms with Crippen LogP contribution in [0, 0.1) is 48.7 Å². The second-order valence-electron chi connectivity index (χ2n) is 26.5. The summed E-state index contributed by atoms with van der Waals surface area (Å²) in [7, 11) is 0. The van der Waals surface area contributed by atoms with Crippen molar-refractivity contribution in [3.05, 3.63) is 373 Å². The van der Waals surface area contributed by atoms with Gasteiger partial charge < -0.3 is 94.2 Å². The fourth-order valence-corrected chi connectivity index (χ4v) is 11.3. The predicted octanol–water partition coefficient (Wildman–Crippen LogP) is 16.9. The third kappa shape index (κ3) is 33.3. The van der Waals surface area contributed by atoms with Crippen LogP contribution < -0.4 is 94.2 Å². The highest BCUT2D eigenvalue weighted by molar-refractivity contribution is 5.99. The summed E-state index contributed by atoms with van der Waals surface area (Å²) in [6, 6.07) is 81.6. The number of hydrogen-bond donors (Lipinski definition) is 18. The molecular weight excluding hydrogens is 1570 g/mol. The van der Waals surface area contributed by atoms with Gasteiger partial charge in [0.15, 0.2) is 0 Å². The maximum atomic E-state index is 7.53. The zero-order valence-corrected chi connectivity index (χ0v) is 71.7. The van der Waals surface area contributed by atoms with E-state index in [4.69, 9.17) is 143 Å². The Morgan fingerprint density at radius 2 is 0.224 bits per heavy atom. The number of nitrogen functional groups attached to an aromatic ring is 9. The molecule has 125 heavy (non-hydrogen) atoms. The highest BCUT2D eigenvalue weighted by Gasteiger charge is 2.14. The van der Waals surface area contributed by atoms with E-state index < -0.39 is 0 Å². The highest BCUT2D eigenvalue weighted by Crippen LogP contribution is 2.27. The third-order valence-electron chi connectivity index (χ3n) is 17.5. The molecule has 12 rings (SSSR count). The minimum absolute atomic E-state index is 0.00533. The summed E-state index contributed by atoms with van der Waals surface area (Å²) in [5.41, 5.74) is 63.9. The summed E-state index contributed by atoms with van der Waals surface area (Å²) in [5, 5.41) is 67.8. The molecule has 0 unspecified atom stereocenters. The number of rotatable bonds is 36. The minimum atomic E-state index is 0.00533. The molecule has 12 aromatic carbocycles. The van der Waals surface area contributed by atoms with Crippen molar-refractivity contribution in [2.45, 2.75) is 115 Å². The molecule has 0 heterocycles. The van der Waals surface area contributed by atoms with Gasteiger partial charge in [-0.05, 0) is 323 Å². The lowest BCUT2D eigenvalue weighted by Crippen LogP contribution is -2.10. The first-order chi connectivity index (χ1) is 60.3. The standard InChI is InChI=1S/3C30H30N6O3.4C2H6/c3*31-28(32)22-1-7-25(8-2-22)37-16-19-13-20(17-38-26-9-3-23(4-10-26)29(33)34)15-21(14-19)18-39-27-11-5-24(6-12-27)30(35)36;4*1-2/h3*1-15H,16-18H2,(H3,31,32)(H3,33,34)(H3,35,36);4*1-2H3. The molecular formula is C98H114N18O9. The van der Waals surface area contributed by atoms with Crippen molar-refractivity contribution in [1.82, 2.24) is 0 Å². The van der Waals surface area contributed by atoms with Crippen LogP contribution in [-0.4, -0.2) is 52.5 Å². The number of nitrogens with one attached hydrogen (secondary N) is 9. The van der Waals surface area contributed by atoms with Crippen molar-refractivity contribution < 1.29 is 42.6 Å². The first-order valence-corrected chi connectivity index (χ1v) is 40.3. The molecule has 0 fully saturated rings. The van der Waals surface area contributed by atoms with Gasteiger partial charge in [-0.3, -0.25) is 48.7 Å². The molecule has 0 aliphatic heterocycles. The number of benzene rings is 12. The van der Waals surface area contributed by atoms with Crippen LogP contribution in [0.4, 0.5) is 0 Å². The summed E-state index contributed by atoms with van der Waals surface area (Å²) >= 11 is 0. The summed E-state index contributed by atoms with van der Waals surface area (Å²) in [6.45, 7) is 18.9. The minimum Gasteiger partial charge on any atom is -0.489 e. The van der Waals surface area contributed by atoms with Crippen LogP contribution in [0.2, 0.25) is 0 Å². The molecule has 650 valence electrons. The van der Waals surface area contributed by atoms with Gasteiger partial charge in [0.25, 0.3) is 0 Å². The third-order valence-corrected chi connectivity index (χ3v) is 17.5. The Balaban J connectivity index is 0.000000278. The number of hydrogen-bond acceptors (Lipinski definition) is 18. The lowest BCUT2D eigenvalue weighted by molar-refractivity contribution is 0.293. The zero-order valence-electron chi connectivity index (χ0n) is 71.7. The average Bonchev–Trinajstić information content (AvgIpc) is 0.849. The molecule has 0 aliphatic rings. The van der Waals surface area contributed by atoms with E-state index in [0.717, 1.165) is 50.1 Å². The topological polar surface area (TPSA) is 532 Å². The van der Waals surface area contributed by atoms with Crippen LogP contribution in [0.5, 0.6) is 51.7 Å². The Bertz CT molecular complexity index is 4370. The molecule has 0 aliphatic carbocycles. The molecule has 0 radical (unpaired) electrons. The molecule has 27 N–H and O–H groups in total. The van der Waals surface area contributed by atoms with Gasteiger partial charge in [-0.25, -0.2) is 0 Å². The largest absolute Gasteiger partial charge is 0.489 e. The Hall–Kier alpha value is -15.9. The van der Waals surface area contributed by atoms with Crippen LogP contribution in [0.25, 0.3) is 0 Å². The summed E-state index contributed by atoms with van der Waals surface area (Å²) < 4.78 is 53.8. The lowest BCUT2D eigenvalue weighted by atomic mass is 10.1. The van der Waals surface area contributed by atoms with Crippen LogP contribution >= 0.6 is 0 Å². The van der Waals surface area contributed by atoms with E-state index >= 15 is 0 Å². The van der Waals surface area contributed by atoms with Gasteiger partial charge in [-0.1, -0.05) is 55.4 Å². The molecule has 27 nitrogen and oxygen atoms in total. The van der Waals surface area contributed by atoms with Crippen molar-refractivity contribution >= 4 is 52.5 Å². The average molecular weight is 1690 g/mol. The SMILES string of the molecule is CC.CC.CC.CC.N=C(N)c1ccc(OCc2cc(COc3ccc(C(=N)N)cc3)cc(COc3ccc(C(=N)N)cc3)c2)cc1.N=C(N)c1ccc(OCc2cc(COc3ccc(C(=N)N)cc3)cc(COc3ccc(C(=N)N)cc3)c2)cc1.N=C(N)c1ccc(OCc2cc(COc3ccc(C(=N)N)cc3)cc(COc3ccc(C(=N)N)cc3)c2)cc1. The normalized spacial score (nSPS) is 9.98. The molecule has 0 saturated heterocycles. The monoisotopic (exact) mass is 1690 g/mol. The molecule has 0 atom stereocenters. The van der Waals surface area contributed by atoms with Gasteiger partial charge in [-0.2, -0.15) is 0 Å². The Kier molecular flexibility index (Phi) is 40.4. The Labute approximate surface area is 731 Å². The van der Waals surface area contributed by atoms with E-state index in [1.807, 2.05) is 110 Å². The number of ether oxygens (including phenoxy) is 9. The molecule has 12 aromatic rings. The molecule has 27 heteroatoms.